The quantitative estimate of drug-likeness (QED) is 0.577. The Bertz CT molecular complexity index is 987. The summed E-state index contributed by atoms with van der Waals surface area (Å²) in [5.41, 5.74) is 1.75. The molecule has 1 aliphatic heterocycles. The fourth-order valence-corrected chi connectivity index (χ4v) is 5.76. The van der Waals surface area contributed by atoms with Crippen molar-refractivity contribution in [2.24, 2.45) is 5.92 Å². The highest BCUT2D eigenvalue weighted by atomic mass is 79.9. The van der Waals surface area contributed by atoms with Gasteiger partial charge in [0.2, 0.25) is 15.9 Å². The molecule has 0 bridgehead atoms. The van der Waals surface area contributed by atoms with Crippen molar-refractivity contribution in [3.05, 3.63) is 64.1 Å². The van der Waals surface area contributed by atoms with E-state index in [2.05, 4.69) is 21.2 Å². The predicted octanol–water partition coefficient (Wildman–Crippen LogP) is 4.27. The van der Waals surface area contributed by atoms with Gasteiger partial charge in [-0.3, -0.25) is 4.79 Å². The lowest BCUT2D eigenvalue weighted by Crippen LogP contribution is -2.43. The number of piperidine rings is 1. The van der Waals surface area contributed by atoms with Crippen molar-refractivity contribution < 1.29 is 17.9 Å². The molecule has 1 aliphatic rings. The van der Waals surface area contributed by atoms with Crippen LogP contribution >= 0.6 is 15.9 Å². The summed E-state index contributed by atoms with van der Waals surface area (Å²) in [5, 5.41) is 3.06. The van der Waals surface area contributed by atoms with Gasteiger partial charge in [0.15, 0.2) is 0 Å². The molecule has 1 heterocycles. The molecule has 2 aromatic carbocycles. The molecule has 1 unspecified atom stereocenters. The maximum absolute atomic E-state index is 12.8. The summed E-state index contributed by atoms with van der Waals surface area (Å²) in [6.07, 6.45) is 1.05. The van der Waals surface area contributed by atoms with Crippen LogP contribution in [0.5, 0.6) is 5.75 Å². The van der Waals surface area contributed by atoms with Crippen LogP contribution in [0.25, 0.3) is 0 Å². The Kier molecular flexibility index (Phi) is 8.13. The topological polar surface area (TPSA) is 75.7 Å². The first-order chi connectivity index (χ1) is 14.8. The smallest absolute Gasteiger partial charge is 0.223 e. The molecule has 3 rings (SSSR count). The molecule has 1 atom stereocenters. The Morgan fingerprint density at radius 2 is 1.87 bits per heavy atom. The van der Waals surface area contributed by atoms with Gasteiger partial charge in [-0.2, -0.15) is 0 Å². The number of sulfonamides is 1. The number of nitrogens with zero attached hydrogens (tertiary/aromatic N) is 1. The van der Waals surface area contributed by atoms with Crippen LogP contribution in [0.3, 0.4) is 0 Å². The maximum Gasteiger partial charge on any atom is 0.223 e. The highest BCUT2D eigenvalue weighted by Gasteiger charge is 2.31. The molecule has 0 spiro atoms. The molecule has 1 fully saturated rings. The van der Waals surface area contributed by atoms with Gasteiger partial charge >= 0.3 is 0 Å². The lowest BCUT2D eigenvalue weighted by Gasteiger charge is -2.31. The van der Waals surface area contributed by atoms with Gasteiger partial charge in [0, 0.05) is 23.5 Å². The highest BCUT2D eigenvalue weighted by Crippen LogP contribution is 2.24. The largest absolute Gasteiger partial charge is 0.494 e. The third-order valence-electron chi connectivity index (χ3n) is 5.51. The summed E-state index contributed by atoms with van der Waals surface area (Å²) in [6, 6.07) is 14.9. The number of hydrogen-bond acceptors (Lipinski definition) is 4. The van der Waals surface area contributed by atoms with E-state index in [4.69, 9.17) is 4.74 Å². The Hall–Kier alpha value is -1.90. The molecule has 0 aliphatic carbocycles. The summed E-state index contributed by atoms with van der Waals surface area (Å²) >= 11 is 3.38. The van der Waals surface area contributed by atoms with Crippen molar-refractivity contribution in [2.45, 2.75) is 38.5 Å². The van der Waals surface area contributed by atoms with Gasteiger partial charge in [-0.25, -0.2) is 12.7 Å². The molecule has 1 amide bonds. The van der Waals surface area contributed by atoms with E-state index >= 15 is 0 Å². The molecule has 0 saturated carbocycles. The van der Waals surface area contributed by atoms with Crippen LogP contribution in [0, 0.1) is 5.92 Å². The minimum atomic E-state index is -3.41. The number of benzene rings is 2. The maximum atomic E-state index is 12.8. The molecule has 2 aromatic rings. The van der Waals surface area contributed by atoms with Gasteiger partial charge in [0.1, 0.15) is 5.75 Å². The number of halogens is 1. The van der Waals surface area contributed by atoms with Crippen molar-refractivity contribution >= 4 is 31.9 Å². The SMILES string of the molecule is CCOc1ccc(C(C)NC(=O)C2CCN(S(=O)(=O)Cc3cccc(Br)c3)CC2)cc1. The zero-order chi connectivity index (χ0) is 22.4. The standard InChI is InChI=1S/C23H29BrN2O4S/c1-3-30-22-9-7-19(8-10-22)17(2)25-23(27)20-11-13-26(14-12-20)31(28,29)16-18-5-4-6-21(24)15-18/h4-10,15,17,20H,3,11-14,16H2,1-2H3,(H,25,27). The van der Waals surface area contributed by atoms with Gasteiger partial charge in [0.25, 0.3) is 0 Å². The molecule has 6 nitrogen and oxygen atoms in total. The molecule has 1 saturated heterocycles. The first-order valence-electron chi connectivity index (χ1n) is 10.5. The van der Waals surface area contributed by atoms with Gasteiger partial charge in [-0.05, 0) is 62.1 Å². The molecular weight excluding hydrogens is 480 g/mol. The Morgan fingerprint density at radius 3 is 2.48 bits per heavy atom. The van der Waals surface area contributed by atoms with Crippen molar-refractivity contribution in [2.75, 3.05) is 19.7 Å². The third kappa shape index (κ3) is 6.54. The number of ether oxygens (including phenoxy) is 1. The lowest BCUT2D eigenvalue weighted by atomic mass is 9.96. The normalized spacial score (nSPS) is 16.6. The summed E-state index contributed by atoms with van der Waals surface area (Å²) in [5.74, 6) is 0.576. The van der Waals surface area contributed by atoms with Crippen LogP contribution in [-0.2, 0) is 20.6 Å². The van der Waals surface area contributed by atoms with Gasteiger partial charge in [0.05, 0.1) is 18.4 Å². The van der Waals surface area contributed by atoms with Crippen molar-refractivity contribution in [1.29, 1.82) is 0 Å². The minimum Gasteiger partial charge on any atom is -0.494 e. The number of nitrogens with one attached hydrogen (secondary N) is 1. The van der Waals surface area contributed by atoms with E-state index in [1.807, 2.05) is 62.4 Å². The van der Waals surface area contributed by atoms with Gasteiger partial charge in [-0.1, -0.05) is 40.2 Å². The lowest BCUT2D eigenvalue weighted by molar-refractivity contribution is -0.126. The number of carbonyl (C=O) groups is 1. The van der Waals surface area contributed by atoms with E-state index in [1.165, 1.54) is 4.31 Å². The predicted molar refractivity (Wildman–Crippen MR) is 125 cm³/mol. The Balaban J connectivity index is 1.52. The van der Waals surface area contributed by atoms with E-state index in [0.29, 0.717) is 32.5 Å². The van der Waals surface area contributed by atoms with Crippen LogP contribution < -0.4 is 10.1 Å². The number of hydrogen-bond donors (Lipinski definition) is 1. The van der Waals surface area contributed by atoms with Crippen LogP contribution in [0.1, 0.15) is 43.9 Å². The van der Waals surface area contributed by atoms with E-state index in [0.717, 1.165) is 21.3 Å². The summed E-state index contributed by atoms with van der Waals surface area (Å²) in [4.78, 5) is 12.7. The second-order valence-corrected chi connectivity index (χ2v) is 10.7. The Labute approximate surface area is 193 Å². The summed E-state index contributed by atoms with van der Waals surface area (Å²) in [7, 11) is -3.41. The molecule has 31 heavy (non-hydrogen) atoms. The average molecular weight is 509 g/mol. The number of rotatable bonds is 8. The van der Waals surface area contributed by atoms with Gasteiger partial charge in [-0.15, -0.1) is 0 Å². The van der Waals surface area contributed by atoms with Crippen LogP contribution in [-0.4, -0.2) is 38.3 Å². The zero-order valence-electron chi connectivity index (χ0n) is 17.9. The van der Waals surface area contributed by atoms with E-state index < -0.39 is 10.0 Å². The second kappa shape index (κ2) is 10.6. The molecule has 1 N–H and O–H groups in total. The van der Waals surface area contributed by atoms with Crippen molar-refractivity contribution in [3.63, 3.8) is 0 Å². The minimum absolute atomic E-state index is 0.0228. The first-order valence-corrected chi connectivity index (χ1v) is 12.9. The highest BCUT2D eigenvalue weighted by molar-refractivity contribution is 9.10. The van der Waals surface area contributed by atoms with Crippen LogP contribution in [0.15, 0.2) is 53.0 Å². The van der Waals surface area contributed by atoms with Crippen molar-refractivity contribution in [3.8, 4) is 5.75 Å². The van der Waals surface area contributed by atoms with Gasteiger partial charge < -0.3 is 10.1 Å². The Morgan fingerprint density at radius 1 is 1.19 bits per heavy atom. The average Bonchev–Trinajstić information content (AvgIpc) is 2.74. The molecular formula is C23H29BrN2O4S. The molecule has 168 valence electrons. The fraction of sp³-hybridized carbons (Fsp3) is 0.435. The van der Waals surface area contributed by atoms with Crippen LogP contribution in [0.2, 0.25) is 0 Å². The number of carbonyl (C=O) groups excluding carboxylic acids is 1. The van der Waals surface area contributed by atoms with E-state index in [9.17, 15) is 13.2 Å². The molecule has 8 heteroatoms. The monoisotopic (exact) mass is 508 g/mol. The third-order valence-corrected chi connectivity index (χ3v) is 7.85. The van der Waals surface area contributed by atoms with Crippen LogP contribution in [0.4, 0.5) is 0 Å². The van der Waals surface area contributed by atoms with E-state index in [1.54, 1.807) is 0 Å². The summed E-state index contributed by atoms with van der Waals surface area (Å²) in [6.45, 7) is 5.24. The first kappa shape index (κ1) is 23.8. The fourth-order valence-electron chi connectivity index (χ4n) is 3.76. The summed E-state index contributed by atoms with van der Waals surface area (Å²) < 4.78 is 33.4. The second-order valence-electron chi connectivity index (χ2n) is 7.79. The van der Waals surface area contributed by atoms with Crippen molar-refractivity contribution in [1.82, 2.24) is 9.62 Å². The van der Waals surface area contributed by atoms with E-state index in [-0.39, 0.29) is 23.6 Å². The molecule has 0 radical (unpaired) electrons. The molecule has 0 aromatic heterocycles. The number of amides is 1. The zero-order valence-corrected chi connectivity index (χ0v) is 20.3.